The van der Waals surface area contributed by atoms with Gasteiger partial charge in [0.1, 0.15) is 54.8 Å². The standard InChI is InChI=1S/C51H87N5O18/c1-12-28(6)40(35(71-10)22-37(60)56-20-16-19-32(56)46(72-11)29(7)47(66)52-31(50(69)70)21-30-17-14-13-15-18-30)55(9)49(68)38(26(2)3)53-48(67)39(27(4)5)54(8)23-33(58)41(61)42(62)34(59)25-73-51-45(65)44(64)43(63)36(24-57)74-51/h13-15,17-18,26-29,31-36,38-46,51,57-59,61-65H,12,16,19-25H2,1-11H3,(H,52,66)(H,53,67)(H,69,70)/t28-,29+,31-,32-,33+,34+,35+,36+,38-,39-,40-,41+,42+,43-,44-,45+,46+,51+/m0/s1. The Labute approximate surface area is 435 Å². The largest absolute Gasteiger partial charge is 0.480 e. The predicted molar refractivity (Wildman–Crippen MR) is 268 cm³/mol. The number of carboxylic acids is 1. The number of aliphatic hydroxyl groups excluding tert-OH is 8. The molecule has 0 aliphatic carbocycles. The molecule has 11 N–H and O–H groups in total. The van der Waals surface area contributed by atoms with Crippen molar-refractivity contribution in [2.45, 2.75) is 178 Å². The summed E-state index contributed by atoms with van der Waals surface area (Å²) in [5, 5.41) is 98.5. The normalized spacial score (nSPS) is 25.2. The van der Waals surface area contributed by atoms with Gasteiger partial charge in [-0.3, -0.25) is 24.1 Å². The van der Waals surface area contributed by atoms with Crippen LogP contribution in [0, 0.1) is 23.7 Å². The Balaban J connectivity index is 1.72. The van der Waals surface area contributed by atoms with Gasteiger partial charge in [0.25, 0.3) is 0 Å². The fraction of sp³-hybridized carbons (Fsp3) is 0.784. The fourth-order valence-electron chi connectivity index (χ4n) is 10.1. The molecule has 0 saturated carbocycles. The van der Waals surface area contributed by atoms with Crippen molar-refractivity contribution in [1.29, 1.82) is 0 Å². The lowest BCUT2D eigenvalue weighted by Gasteiger charge is -2.41. The van der Waals surface area contributed by atoms with Gasteiger partial charge in [0.05, 0.1) is 62.0 Å². The number of amides is 4. The van der Waals surface area contributed by atoms with Crippen LogP contribution in [0.2, 0.25) is 0 Å². The monoisotopic (exact) mass is 1060 g/mol. The molecule has 74 heavy (non-hydrogen) atoms. The van der Waals surface area contributed by atoms with Crippen LogP contribution in [0.4, 0.5) is 0 Å². The third-order valence-electron chi connectivity index (χ3n) is 14.7. The molecular formula is C51H87N5O18. The molecule has 3 rings (SSSR count). The molecule has 18 atom stereocenters. The Morgan fingerprint density at radius 1 is 0.838 bits per heavy atom. The lowest BCUT2D eigenvalue weighted by atomic mass is 9.89. The zero-order valence-corrected chi connectivity index (χ0v) is 44.8. The van der Waals surface area contributed by atoms with Gasteiger partial charge in [-0.2, -0.15) is 0 Å². The van der Waals surface area contributed by atoms with Crippen LogP contribution in [0.1, 0.15) is 79.7 Å². The maximum Gasteiger partial charge on any atom is 0.326 e. The van der Waals surface area contributed by atoms with E-state index in [4.69, 9.17) is 18.9 Å². The number of rotatable bonds is 30. The second-order valence-corrected chi connectivity index (χ2v) is 20.7. The quantitative estimate of drug-likeness (QED) is 0.0400. The molecule has 2 heterocycles. The number of carbonyl (C=O) groups excluding carboxylic acids is 4. The molecule has 2 fully saturated rings. The number of benzene rings is 1. The highest BCUT2D eigenvalue weighted by Crippen LogP contribution is 2.30. The van der Waals surface area contributed by atoms with E-state index < -0.39 is 159 Å². The van der Waals surface area contributed by atoms with Crippen molar-refractivity contribution in [1.82, 2.24) is 25.3 Å². The summed E-state index contributed by atoms with van der Waals surface area (Å²) in [5.74, 6) is -4.95. The first-order valence-corrected chi connectivity index (χ1v) is 25.6. The van der Waals surface area contributed by atoms with Crippen LogP contribution >= 0.6 is 0 Å². The summed E-state index contributed by atoms with van der Waals surface area (Å²) >= 11 is 0. The molecule has 0 bridgehead atoms. The molecule has 23 heteroatoms. The summed E-state index contributed by atoms with van der Waals surface area (Å²) in [5.41, 5.74) is 0.740. The van der Waals surface area contributed by atoms with Gasteiger partial charge in [-0.1, -0.05) is 85.2 Å². The fourth-order valence-corrected chi connectivity index (χ4v) is 10.1. The maximum atomic E-state index is 14.7. The van der Waals surface area contributed by atoms with Gasteiger partial charge < -0.3 is 85.3 Å². The highest BCUT2D eigenvalue weighted by atomic mass is 16.7. The molecular weight excluding hydrogens is 971 g/mol. The molecule has 0 radical (unpaired) electrons. The van der Waals surface area contributed by atoms with Crippen molar-refractivity contribution in [2.75, 3.05) is 54.6 Å². The number of nitrogens with one attached hydrogen (secondary N) is 2. The number of likely N-dealkylation sites (N-methyl/N-ethyl adjacent to an activating group) is 2. The van der Waals surface area contributed by atoms with Crippen molar-refractivity contribution >= 4 is 29.6 Å². The lowest BCUT2D eigenvalue weighted by Crippen LogP contribution is -2.60. The number of methoxy groups -OCH3 is 2. The molecule has 2 aliphatic rings. The van der Waals surface area contributed by atoms with E-state index in [-0.39, 0.29) is 24.7 Å². The van der Waals surface area contributed by atoms with Crippen LogP contribution < -0.4 is 10.6 Å². The highest BCUT2D eigenvalue weighted by Gasteiger charge is 2.46. The van der Waals surface area contributed by atoms with Crippen LogP contribution in [0.15, 0.2) is 30.3 Å². The predicted octanol–water partition coefficient (Wildman–Crippen LogP) is -1.92. The van der Waals surface area contributed by atoms with Crippen LogP contribution in [0.5, 0.6) is 0 Å². The van der Waals surface area contributed by atoms with E-state index in [0.29, 0.717) is 25.8 Å². The molecule has 1 aromatic carbocycles. The molecule has 2 aliphatic heterocycles. The van der Waals surface area contributed by atoms with Crippen molar-refractivity contribution in [3.8, 4) is 0 Å². The number of aliphatic hydroxyl groups is 8. The number of likely N-dealkylation sites (tertiary alicyclic amines) is 1. The van der Waals surface area contributed by atoms with Crippen LogP contribution in [0.3, 0.4) is 0 Å². The number of ether oxygens (including phenoxy) is 4. The first-order chi connectivity index (χ1) is 34.8. The van der Waals surface area contributed by atoms with E-state index >= 15 is 0 Å². The van der Waals surface area contributed by atoms with Crippen molar-refractivity contribution < 1.29 is 88.9 Å². The lowest BCUT2D eigenvalue weighted by molar-refractivity contribution is -0.306. The highest BCUT2D eigenvalue weighted by molar-refractivity contribution is 5.90. The number of nitrogens with zero attached hydrogens (tertiary/aromatic N) is 3. The van der Waals surface area contributed by atoms with Crippen LogP contribution in [-0.4, -0.2) is 242 Å². The van der Waals surface area contributed by atoms with Crippen LogP contribution in [-0.2, 0) is 49.3 Å². The van der Waals surface area contributed by atoms with E-state index in [1.54, 1.807) is 70.8 Å². The third kappa shape index (κ3) is 16.8. The van der Waals surface area contributed by atoms with Gasteiger partial charge in [-0.15, -0.1) is 0 Å². The van der Waals surface area contributed by atoms with Crippen LogP contribution in [0.25, 0.3) is 0 Å². The number of aliphatic carboxylic acids is 1. The summed E-state index contributed by atoms with van der Waals surface area (Å²) in [6.45, 7) is 11.0. The zero-order chi connectivity index (χ0) is 55.9. The number of hydrogen-bond acceptors (Lipinski definition) is 18. The maximum absolute atomic E-state index is 14.7. The average molecular weight is 1060 g/mol. The second kappa shape index (κ2) is 30.1. The van der Waals surface area contributed by atoms with Gasteiger partial charge >= 0.3 is 5.97 Å². The summed E-state index contributed by atoms with van der Waals surface area (Å²) in [4.78, 5) is 73.7. The van der Waals surface area contributed by atoms with Gasteiger partial charge in [0.15, 0.2) is 6.29 Å². The number of carbonyl (C=O) groups is 5. The Kier molecular flexibility index (Phi) is 26.2. The van der Waals surface area contributed by atoms with Gasteiger partial charge in [0.2, 0.25) is 23.6 Å². The van der Waals surface area contributed by atoms with Gasteiger partial charge in [-0.25, -0.2) is 4.79 Å². The van der Waals surface area contributed by atoms with E-state index in [0.717, 1.165) is 5.56 Å². The second-order valence-electron chi connectivity index (χ2n) is 20.7. The first kappa shape index (κ1) is 64.3. The van der Waals surface area contributed by atoms with Crippen molar-refractivity contribution in [3.05, 3.63) is 35.9 Å². The topological polar surface area (TPSA) is 338 Å². The SMILES string of the molecule is CC[C@H](C)[C@@H]([C@@H](CC(=O)N1CCC[C@H]1[C@H](OC)[C@@H](C)C(=O)N[C@@H](Cc1ccccc1)C(=O)O)OC)N(C)C(=O)[C@@H](NC(=O)[C@H](C(C)C)N(C)C[C@@H](O)[C@@H](O)[C@H](O)[C@H](O)CO[C@@H]1O[C@H](CO)[C@H](O)[C@H](O)[C@H]1O)C(C)C. The Bertz CT molecular complexity index is 1900. The molecule has 0 spiro atoms. The van der Waals surface area contributed by atoms with Gasteiger partial charge in [-0.05, 0) is 43.2 Å². The molecule has 1 aromatic rings. The van der Waals surface area contributed by atoms with E-state index in [1.165, 1.54) is 31.1 Å². The molecule has 23 nitrogen and oxygen atoms in total. The summed E-state index contributed by atoms with van der Waals surface area (Å²) < 4.78 is 22.4. The summed E-state index contributed by atoms with van der Waals surface area (Å²) in [7, 11) is 6.00. The summed E-state index contributed by atoms with van der Waals surface area (Å²) in [6.07, 6.45) is -15.7. The molecule has 4 amide bonds. The van der Waals surface area contributed by atoms with Gasteiger partial charge in [0, 0.05) is 40.8 Å². The third-order valence-corrected chi connectivity index (χ3v) is 14.7. The molecule has 0 aromatic heterocycles. The molecule has 0 unspecified atom stereocenters. The average Bonchev–Trinajstić information content (AvgIpc) is 3.85. The Morgan fingerprint density at radius 3 is 2.00 bits per heavy atom. The van der Waals surface area contributed by atoms with Crippen molar-refractivity contribution in [2.24, 2.45) is 23.7 Å². The van der Waals surface area contributed by atoms with E-state index in [1.807, 2.05) is 19.9 Å². The minimum Gasteiger partial charge on any atom is -0.480 e. The Morgan fingerprint density at radius 2 is 1.46 bits per heavy atom. The molecule has 424 valence electrons. The summed E-state index contributed by atoms with van der Waals surface area (Å²) in [6, 6.07) is 4.50. The minimum absolute atomic E-state index is 0.0764. The number of carboxylic acid groups (broad SMARTS) is 1. The molecule has 2 saturated heterocycles. The minimum atomic E-state index is -2.02. The zero-order valence-electron chi connectivity index (χ0n) is 44.8. The Hall–Kier alpha value is -3.95. The first-order valence-electron chi connectivity index (χ1n) is 25.6. The van der Waals surface area contributed by atoms with Crippen molar-refractivity contribution in [3.63, 3.8) is 0 Å². The smallest absolute Gasteiger partial charge is 0.326 e. The van der Waals surface area contributed by atoms with E-state index in [9.17, 15) is 69.9 Å². The van der Waals surface area contributed by atoms with E-state index in [2.05, 4.69) is 10.6 Å². The number of hydrogen-bond donors (Lipinski definition) is 11.